The highest BCUT2D eigenvalue weighted by Gasteiger charge is 2.29. The van der Waals surface area contributed by atoms with Crippen LogP contribution in [0.5, 0.6) is 5.75 Å². The van der Waals surface area contributed by atoms with Gasteiger partial charge in [0.1, 0.15) is 18.2 Å². The van der Waals surface area contributed by atoms with E-state index in [0.717, 1.165) is 24.2 Å². The average molecular weight is 328 g/mol. The van der Waals surface area contributed by atoms with Gasteiger partial charge >= 0.3 is 0 Å². The summed E-state index contributed by atoms with van der Waals surface area (Å²) in [6, 6.07) is 13.6. The number of likely N-dealkylation sites (N-methyl/N-ethyl adjacent to an activating group) is 1. The van der Waals surface area contributed by atoms with Crippen LogP contribution in [0.15, 0.2) is 42.5 Å². The number of ether oxygens (including phenoxy) is 1. The lowest BCUT2D eigenvalue weighted by Crippen LogP contribution is -2.37. The van der Waals surface area contributed by atoms with Gasteiger partial charge in [-0.15, -0.1) is 0 Å². The molecule has 0 saturated carbocycles. The summed E-state index contributed by atoms with van der Waals surface area (Å²) < 4.78 is 19.8. The van der Waals surface area contributed by atoms with Gasteiger partial charge in [0.2, 0.25) is 0 Å². The Hall–Kier alpha value is -1.91. The first-order chi connectivity index (χ1) is 11.7. The number of hydrogen-bond donors (Lipinski definition) is 2. The van der Waals surface area contributed by atoms with E-state index in [9.17, 15) is 4.39 Å². The number of halogens is 1. The van der Waals surface area contributed by atoms with E-state index in [-0.39, 0.29) is 11.7 Å². The van der Waals surface area contributed by atoms with Crippen LogP contribution in [0.2, 0.25) is 0 Å². The van der Waals surface area contributed by atoms with E-state index in [1.54, 1.807) is 6.07 Å². The van der Waals surface area contributed by atoms with Gasteiger partial charge in [-0.25, -0.2) is 4.39 Å². The topological polar surface area (TPSA) is 47.3 Å². The van der Waals surface area contributed by atoms with Gasteiger partial charge in [-0.05, 0) is 61.2 Å². The molecule has 0 aliphatic heterocycles. The second-order valence-electron chi connectivity index (χ2n) is 6.33. The zero-order valence-corrected chi connectivity index (χ0v) is 14.1. The van der Waals surface area contributed by atoms with Crippen molar-refractivity contribution in [3.8, 4) is 5.75 Å². The molecule has 0 saturated heterocycles. The van der Waals surface area contributed by atoms with Gasteiger partial charge in [0.05, 0.1) is 0 Å². The van der Waals surface area contributed by atoms with Crippen molar-refractivity contribution in [1.82, 2.24) is 5.32 Å². The van der Waals surface area contributed by atoms with E-state index in [4.69, 9.17) is 10.5 Å². The van der Waals surface area contributed by atoms with Crippen LogP contribution >= 0.6 is 0 Å². The van der Waals surface area contributed by atoms with Crippen molar-refractivity contribution in [1.29, 1.82) is 0 Å². The lowest BCUT2D eigenvalue weighted by atomic mass is 9.76. The standard InChI is InChI=1S/C20H25FN2O/c1-23-20-9-7-14-6-8-16(24-11-10-22)13-17(14)18(20)12-15-4-2-3-5-19(15)21/h2-6,8,13,18,20,23H,7,9-12,22H2,1H3. The third-order valence-corrected chi connectivity index (χ3v) is 4.88. The quantitative estimate of drug-likeness (QED) is 0.857. The molecule has 128 valence electrons. The molecule has 0 heterocycles. The lowest BCUT2D eigenvalue weighted by Gasteiger charge is -2.34. The predicted octanol–water partition coefficient (Wildman–Crippen LogP) is 3.02. The van der Waals surface area contributed by atoms with Crippen LogP contribution in [-0.2, 0) is 12.8 Å². The number of nitrogens with one attached hydrogen (secondary N) is 1. The predicted molar refractivity (Wildman–Crippen MR) is 95.0 cm³/mol. The Morgan fingerprint density at radius 2 is 2.08 bits per heavy atom. The first kappa shape index (κ1) is 16.9. The minimum absolute atomic E-state index is 0.130. The fourth-order valence-electron chi connectivity index (χ4n) is 3.64. The van der Waals surface area contributed by atoms with Crippen LogP contribution in [0.25, 0.3) is 0 Å². The summed E-state index contributed by atoms with van der Waals surface area (Å²) in [6.45, 7) is 1.00. The van der Waals surface area contributed by atoms with Crippen molar-refractivity contribution in [3.63, 3.8) is 0 Å². The van der Waals surface area contributed by atoms with Crippen LogP contribution in [0, 0.1) is 5.82 Å². The van der Waals surface area contributed by atoms with Crippen molar-refractivity contribution in [3.05, 3.63) is 65.0 Å². The Labute approximate surface area is 143 Å². The van der Waals surface area contributed by atoms with Gasteiger partial charge in [-0.1, -0.05) is 24.3 Å². The van der Waals surface area contributed by atoms with Crippen molar-refractivity contribution in [2.45, 2.75) is 31.2 Å². The third-order valence-electron chi connectivity index (χ3n) is 4.88. The Balaban J connectivity index is 1.93. The molecule has 4 heteroatoms. The van der Waals surface area contributed by atoms with E-state index >= 15 is 0 Å². The maximum atomic E-state index is 14.1. The molecule has 1 aliphatic carbocycles. The maximum Gasteiger partial charge on any atom is 0.126 e. The van der Waals surface area contributed by atoms with Crippen LogP contribution < -0.4 is 15.8 Å². The first-order valence-electron chi connectivity index (χ1n) is 8.59. The summed E-state index contributed by atoms with van der Waals surface area (Å²) >= 11 is 0. The second-order valence-corrected chi connectivity index (χ2v) is 6.33. The molecule has 2 aromatic rings. The normalized spacial score (nSPS) is 19.8. The molecule has 2 aromatic carbocycles. The SMILES string of the molecule is CNC1CCc2ccc(OCCN)cc2C1Cc1ccccc1F. The maximum absolute atomic E-state index is 14.1. The molecule has 0 amide bonds. The largest absolute Gasteiger partial charge is 0.492 e. The van der Waals surface area contributed by atoms with Crippen molar-refractivity contribution >= 4 is 0 Å². The molecule has 0 spiro atoms. The highest BCUT2D eigenvalue weighted by molar-refractivity contribution is 5.42. The summed E-state index contributed by atoms with van der Waals surface area (Å²) in [5.41, 5.74) is 8.89. The number of benzene rings is 2. The van der Waals surface area contributed by atoms with E-state index in [1.807, 2.05) is 25.2 Å². The molecule has 24 heavy (non-hydrogen) atoms. The molecule has 3 N–H and O–H groups in total. The summed E-state index contributed by atoms with van der Waals surface area (Å²) in [6.07, 6.45) is 2.78. The Morgan fingerprint density at radius 3 is 2.83 bits per heavy atom. The second kappa shape index (κ2) is 7.77. The molecular weight excluding hydrogens is 303 g/mol. The van der Waals surface area contributed by atoms with Crippen LogP contribution in [0.4, 0.5) is 4.39 Å². The molecule has 2 unspecified atom stereocenters. The third kappa shape index (κ3) is 3.60. The van der Waals surface area contributed by atoms with Gasteiger partial charge in [-0.3, -0.25) is 0 Å². The molecule has 0 bridgehead atoms. The molecule has 0 radical (unpaired) electrons. The monoisotopic (exact) mass is 328 g/mol. The van der Waals surface area contributed by atoms with Gasteiger partial charge in [-0.2, -0.15) is 0 Å². The fourth-order valence-corrected chi connectivity index (χ4v) is 3.64. The number of hydrogen-bond acceptors (Lipinski definition) is 3. The van der Waals surface area contributed by atoms with Crippen molar-refractivity contribution in [2.24, 2.45) is 5.73 Å². The smallest absolute Gasteiger partial charge is 0.126 e. The highest BCUT2D eigenvalue weighted by atomic mass is 19.1. The Morgan fingerprint density at radius 1 is 1.25 bits per heavy atom. The van der Waals surface area contributed by atoms with E-state index in [0.29, 0.717) is 25.6 Å². The highest BCUT2D eigenvalue weighted by Crippen LogP contribution is 2.36. The minimum atomic E-state index is -0.130. The Kier molecular flexibility index (Phi) is 5.48. The first-order valence-corrected chi connectivity index (χ1v) is 8.59. The number of rotatable bonds is 6. The average Bonchev–Trinajstić information content (AvgIpc) is 2.62. The number of aryl methyl sites for hydroxylation is 1. The molecule has 2 atom stereocenters. The molecular formula is C20H25FN2O. The molecule has 1 aliphatic rings. The van der Waals surface area contributed by atoms with Crippen molar-refractivity contribution in [2.75, 3.05) is 20.2 Å². The van der Waals surface area contributed by atoms with Crippen LogP contribution in [-0.4, -0.2) is 26.2 Å². The van der Waals surface area contributed by atoms with E-state index < -0.39 is 0 Å². The van der Waals surface area contributed by atoms with Gasteiger partial charge in [0.15, 0.2) is 0 Å². The summed E-state index contributed by atoms with van der Waals surface area (Å²) in [4.78, 5) is 0. The molecule has 3 rings (SSSR count). The lowest BCUT2D eigenvalue weighted by molar-refractivity contribution is 0.326. The van der Waals surface area contributed by atoms with Gasteiger partial charge in [0, 0.05) is 18.5 Å². The van der Waals surface area contributed by atoms with Gasteiger partial charge in [0.25, 0.3) is 0 Å². The van der Waals surface area contributed by atoms with E-state index in [2.05, 4.69) is 17.4 Å². The summed E-state index contributed by atoms with van der Waals surface area (Å²) in [5.74, 6) is 0.946. The fraction of sp³-hybridized carbons (Fsp3) is 0.400. The minimum Gasteiger partial charge on any atom is -0.492 e. The molecule has 0 aromatic heterocycles. The van der Waals surface area contributed by atoms with Gasteiger partial charge < -0.3 is 15.8 Å². The summed E-state index contributed by atoms with van der Waals surface area (Å²) in [7, 11) is 1.98. The van der Waals surface area contributed by atoms with Crippen LogP contribution in [0.3, 0.4) is 0 Å². The number of nitrogens with two attached hydrogens (primary N) is 1. The molecule has 3 nitrogen and oxygen atoms in total. The van der Waals surface area contributed by atoms with E-state index in [1.165, 1.54) is 17.2 Å². The zero-order valence-electron chi connectivity index (χ0n) is 14.1. The molecule has 0 fully saturated rings. The van der Waals surface area contributed by atoms with Crippen LogP contribution in [0.1, 0.15) is 29.0 Å². The van der Waals surface area contributed by atoms with Crippen molar-refractivity contribution < 1.29 is 9.13 Å². The number of fused-ring (bicyclic) bond motifs is 1. The Bertz CT molecular complexity index is 689. The zero-order chi connectivity index (χ0) is 16.9. The summed E-state index contributed by atoms with van der Waals surface area (Å²) in [5, 5.41) is 3.41.